The molecule has 0 unspecified atom stereocenters. The zero-order chi connectivity index (χ0) is 12.3. The summed E-state index contributed by atoms with van der Waals surface area (Å²) in [4.78, 5) is 12.7. The van der Waals surface area contributed by atoms with E-state index in [1.807, 2.05) is 13.8 Å². The first-order valence-electron chi connectivity index (χ1n) is 4.93. The molecule has 0 atom stereocenters. The van der Waals surface area contributed by atoms with Crippen LogP contribution >= 0.6 is 0 Å². The molecular weight excluding hydrogens is 210 g/mol. The zero-order valence-electron chi connectivity index (χ0n) is 9.94. The number of carbonyl (C=O) groups excluding carboxylic acids is 1. The van der Waals surface area contributed by atoms with Crippen molar-refractivity contribution in [3.63, 3.8) is 0 Å². The average molecular weight is 227 g/mol. The van der Waals surface area contributed by atoms with E-state index in [1.54, 1.807) is 20.2 Å². The fraction of sp³-hybridized carbons (Fsp3) is 0.600. The Labute approximate surface area is 94.2 Å². The van der Waals surface area contributed by atoms with Crippen LogP contribution in [0, 0.1) is 0 Å². The van der Waals surface area contributed by atoms with Crippen LogP contribution in [0.15, 0.2) is 10.6 Å². The van der Waals surface area contributed by atoms with Gasteiger partial charge in [0.05, 0.1) is 6.61 Å². The second kappa shape index (κ2) is 4.52. The molecule has 0 aromatic carbocycles. The number of aliphatic hydroxyl groups excluding tert-OH is 1. The van der Waals surface area contributed by atoms with Crippen molar-refractivity contribution in [3.05, 3.63) is 11.8 Å². The number of aliphatic hydroxyl groups is 1. The number of hydrogen-bond donors (Lipinski definition) is 2. The molecule has 1 heterocycles. The molecule has 2 amide bonds. The highest BCUT2D eigenvalue weighted by molar-refractivity contribution is 5.87. The SMILES string of the molecule is CN(C)C(=O)Nc1cc(C(C)(C)CO)on1. The van der Waals surface area contributed by atoms with Gasteiger partial charge in [0.15, 0.2) is 5.82 Å². The van der Waals surface area contributed by atoms with Crippen LogP contribution in [-0.4, -0.2) is 41.9 Å². The molecule has 0 saturated carbocycles. The molecule has 16 heavy (non-hydrogen) atoms. The Hall–Kier alpha value is -1.56. The smallest absolute Gasteiger partial charge is 0.322 e. The van der Waals surface area contributed by atoms with Crippen LogP contribution in [0.3, 0.4) is 0 Å². The van der Waals surface area contributed by atoms with Crippen molar-refractivity contribution in [1.29, 1.82) is 0 Å². The van der Waals surface area contributed by atoms with Gasteiger partial charge in [0.25, 0.3) is 0 Å². The van der Waals surface area contributed by atoms with E-state index in [0.717, 1.165) is 0 Å². The maximum atomic E-state index is 11.3. The molecule has 0 aliphatic rings. The standard InChI is InChI=1S/C10H17N3O3/c1-10(2,6-14)7-5-8(12-16-7)11-9(15)13(3)4/h5,14H,6H2,1-4H3,(H,11,12,15). The third-order valence-electron chi connectivity index (χ3n) is 2.21. The van der Waals surface area contributed by atoms with E-state index in [9.17, 15) is 4.79 Å². The number of aromatic nitrogens is 1. The molecule has 90 valence electrons. The van der Waals surface area contributed by atoms with Crippen LogP contribution in [0.2, 0.25) is 0 Å². The highest BCUT2D eigenvalue weighted by Crippen LogP contribution is 2.24. The van der Waals surface area contributed by atoms with Crippen molar-refractivity contribution in [2.45, 2.75) is 19.3 Å². The molecule has 0 aliphatic carbocycles. The van der Waals surface area contributed by atoms with Crippen molar-refractivity contribution >= 4 is 11.8 Å². The monoisotopic (exact) mass is 227 g/mol. The van der Waals surface area contributed by atoms with E-state index >= 15 is 0 Å². The quantitative estimate of drug-likeness (QED) is 0.808. The van der Waals surface area contributed by atoms with Gasteiger partial charge in [-0.15, -0.1) is 0 Å². The number of nitrogens with zero attached hydrogens (tertiary/aromatic N) is 2. The normalized spacial score (nSPS) is 11.3. The predicted octanol–water partition coefficient (Wildman–Crippen LogP) is 1.04. The number of urea groups is 1. The second-order valence-corrected chi connectivity index (χ2v) is 4.44. The van der Waals surface area contributed by atoms with Crippen LogP contribution in [0.5, 0.6) is 0 Å². The molecular formula is C10H17N3O3. The topological polar surface area (TPSA) is 78.6 Å². The first-order valence-corrected chi connectivity index (χ1v) is 4.93. The zero-order valence-corrected chi connectivity index (χ0v) is 9.94. The molecule has 0 bridgehead atoms. The summed E-state index contributed by atoms with van der Waals surface area (Å²) in [5, 5.41) is 15.4. The van der Waals surface area contributed by atoms with Gasteiger partial charge in [-0.3, -0.25) is 5.32 Å². The lowest BCUT2D eigenvalue weighted by Gasteiger charge is -2.16. The van der Waals surface area contributed by atoms with Crippen molar-refractivity contribution in [1.82, 2.24) is 10.1 Å². The van der Waals surface area contributed by atoms with Gasteiger partial charge in [0, 0.05) is 25.6 Å². The van der Waals surface area contributed by atoms with Gasteiger partial charge in [-0.25, -0.2) is 4.79 Å². The average Bonchev–Trinajstić information content (AvgIpc) is 2.66. The number of amides is 2. The lowest BCUT2D eigenvalue weighted by molar-refractivity contribution is 0.187. The highest BCUT2D eigenvalue weighted by atomic mass is 16.5. The first kappa shape index (κ1) is 12.5. The van der Waals surface area contributed by atoms with Gasteiger partial charge in [-0.2, -0.15) is 0 Å². The maximum absolute atomic E-state index is 11.3. The van der Waals surface area contributed by atoms with Crippen LogP contribution in [-0.2, 0) is 5.41 Å². The van der Waals surface area contributed by atoms with Gasteiger partial charge < -0.3 is 14.5 Å². The van der Waals surface area contributed by atoms with Crippen LogP contribution in [0.4, 0.5) is 10.6 Å². The molecule has 0 spiro atoms. The molecule has 0 saturated heterocycles. The molecule has 0 radical (unpaired) electrons. The largest absolute Gasteiger partial charge is 0.395 e. The Kier molecular flexibility index (Phi) is 3.54. The molecule has 0 fully saturated rings. The van der Waals surface area contributed by atoms with Gasteiger partial charge >= 0.3 is 6.03 Å². The Morgan fingerprint density at radius 3 is 2.75 bits per heavy atom. The van der Waals surface area contributed by atoms with E-state index < -0.39 is 5.41 Å². The highest BCUT2D eigenvalue weighted by Gasteiger charge is 2.25. The van der Waals surface area contributed by atoms with E-state index in [1.165, 1.54) is 4.90 Å². The fourth-order valence-electron chi connectivity index (χ4n) is 0.952. The van der Waals surface area contributed by atoms with Crippen LogP contribution < -0.4 is 5.32 Å². The minimum absolute atomic E-state index is 0.0523. The number of anilines is 1. The third-order valence-corrected chi connectivity index (χ3v) is 2.21. The minimum atomic E-state index is -0.506. The van der Waals surface area contributed by atoms with Crippen molar-refractivity contribution < 1.29 is 14.4 Å². The summed E-state index contributed by atoms with van der Waals surface area (Å²) in [5.41, 5.74) is -0.506. The minimum Gasteiger partial charge on any atom is -0.395 e. The molecule has 1 aromatic rings. The lowest BCUT2D eigenvalue weighted by atomic mass is 9.92. The van der Waals surface area contributed by atoms with Crippen LogP contribution in [0.1, 0.15) is 19.6 Å². The summed E-state index contributed by atoms with van der Waals surface area (Å²) in [5.74, 6) is 0.874. The Bertz CT molecular complexity index is 371. The van der Waals surface area contributed by atoms with Gasteiger partial charge in [-0.05, 0) is 0 Å². The van der Waals surface area contributed by atoms with E-state index in [-0.39, 0.29) is 12.6 Å². The van der Waals surface area contributed by atoms with Gasteiger partial charge in [0.1, 0.15) is 5.76 Å². The third kappa shape index (κ3) is 2.73. The molecule has 6 nitrogen and oxygen atoms in total. The number of hydrogen-bond acceptors (Lipinski definition) is 4. The predicted molar refractivity (Wildman–Crippen MR) is 59.3 cm³/mol. The van der Waals surface area contributed by atoms with Crippen LogP contribution in [0.25, 0.3) is 0 Å². The molecule has 0 aliphatic heterocycles. The summed E-state index contributed by atoms with van der Waals surface area (Å²) >= 11 is 0. The van der Waals surface area contributed by atoms with Gasteiger partial charge in [0.2, 0.25) is 0 Å². The van der Waals surface area contributed by atoms with Crippen molar-refractivity contribution in [3.8, 4) is 0 Å². The van der Waals surface area contributed by atoms with Gasteiger partial charge in [-0.1, -0.05) is 19.0 Å². The Morgan fingerprint density at radius 2 is 2.25 bits per heavy atom. The summed E-state index contributed by atoms with van der Waals surface area (Å²) < 4.78 is 5.06. The Balaban J connectivity index is 2.76. The summed E-state index contributed by atoms with van der Waals surface area (Å²) in [6.45, 7) is 3.60. The second-order valence-electron chi connectivity index (χ2n) is 4.44. The van der Waals surface area contributed by atoms with E-state index in [0.29, 0.717) is 11.6 Å². The fourth-order valence-corrected chi connectivity index (χ4v) is 0.952. The summed E-state index contributed by atoms with van der Waals surface area (Å²) in [7, 11) is 3.27. The molecule has 6 heteroatoms. The summed E-state index contributed by atoms with van der Waals surface area (Å²) in [6, 6.07) is 1.33. The summed E-state index contributed by atoms with van der Waals surface area (Å²) in [6.07, 6.45) is 0. The van der Waals surface area contributed by atoms with E-state index in [4.69, 9.17) is 9.63 Å². The lowest BCUT2D eigenvalue weighted by Crippen LogP contribution is -2.27. The molecule has 1 aromatic heterocycles. The Morgan fingerprint density at radius 1 is 1.62 bits per heavy atom. The van der Waals surface area contributed by atoms with Crippen molar-refractivity contribution in [2.24, 2.45) is 0 Å². The number of nitrogens with one attached hydrogen (secondary N) is 1. The number of carbonyl (C=O) groups is 1. The molecule has 1 rings (SSSR count). The molecule has 2 N–H and O–H groups in total. The first-order chi connectivity index (χ1) is 7.36. The van der Waals surface area contributed by atoms with E-state index in [2.05, 4.69) is 10.5 Å². The number of rotatable bonds is 3. The maximum Gasteiger partial charge on any atom is 0.322 e. The van der Waals surface area contributed by atoms with Crippen molar-refractivity contribution in [2.75, 3.05) is 26.0 Å².